The monoisotopic (exact) mass is 1150 g/mol. The van der Waals surface area contributed by atoms with E-state index in [2.05, 4.69) is 57.1 Å². The molecular formula is C56H72N14O13. The van der Waals surface area contributed by atoms with E-state index in [9.17, 15) is 43.2 Å². The van der Waals surface area contributed by atoms with Crippen molar-refractivity contribution in [2.75, 3.05) is 100 Å². The van der Waals surface area contributed by atoms with Crippen LogP contribution < -0.4 is 53.6 Å². The van der Waals surface area contributed by atoms with Gasteiger partial charge in [0.1, 0.15) is 18.7 Å². The van der Waals surface area contributed by atoms with Crippen LogP contribution in [0.5, 0.6) is 0 Å². The Kier molecular flexibility index (Phi) is 25.1. The van der Waals surface area contributed by atoms with Gasteiger partial charge in [0.05, 0.1) is 69.1 Å². The zero-order chi connectivity index (χ0) is 59.5. The number of carbonyl (C=O) groups is 9. The van der Waals surface area contributed by atoms with Gasteiger partial charge in [-0.05, 0) is 60.9 Å². The van der Waals surface area contributed by atoms with E-state index in [1.807, 2.05) is 30.3 Å². The van der Waals surface area contributed by atoms with E-state index in [1.54, 1.807) is 50.5 Å². The fourth-order valence-electron chi connectivity index (χ4n) is 8.42. The van der Waals surface area contributed by atoms with Crippen LogP contribution in [0.1, 0.15) is 67.6 Å². The van der Waals surface area contributed by atoms with Crippen molar-refractivity contribution in [3.8, 4) is 11.3 Å². The molecule has 2 aliphatic rings. The van der Waals surface area contributed by atoms with Crippen molar-refractivity contribution < 1.29 is 62.1 Å². The van der Waals surface area contributed by atoms with Gasteiger partial charge in [-0.3, -0.25) is 43.4 Å². The second-order valence-corrected chi connectivity index (χ2v) is 19.4. The molecule has 444 valence electrons. The van der Waals surface area contributed by atoms with Crippen LogP contribution in [0.15, 0.2) is 85.3 Å². The molecule has 6 rings (SSSR count). The Morgan fingerprint density at radius 2 is 1.43 bits per heavy atom. The number of rotatable bonds is 32. The normalized spacial score (nSPS) is 13.7. The Hall–Kier alpha value is -9.08. The van der Waals surface area contributed by atoms with Crippen LogP contribution in [0.4, 0.5) is 32.5 Å². The van der Waals surface area contributed by atoms with Crippen LogP contribution in [0.25, 0.3) is 11.3 Å². The number of nitrogens with one attached hydrogen (secondary N) is 7. The molecule has 1 saturated heterocycles. The van der Waals surface area contributed by atoms with Gasteiger partial charge in [0, 0.05) is 81.7 Å². The zero-order valence-electron chi connectivity index (χ0n) is 46.4. The number of pyridine rings is 1. The lowest BCUT2D eigenvalue weighted by atomic mass is 10.0. The summed E-state index contributed by atoms with van der Waals surface area (Å²) in [5, 5.41) is 19.0. The molecule has 0 aliphatic carbocycles. The van der Waals surface area contributed by atoms with Gasteiger partial charge in [-0.15, -0.1) is 0 Å². The number of nitrogens with two attached hydrogens (primary N) is 2. The molecule has 10 amide bonds. The first-order valence-electron chi connectivity index (χ1n) is 27.2. The third-order valence-electron chi connectivity index (χ3n) is 12.9. The Morgan fingerprint density at radius 1 is 0.735 bits per heavy atom. The van der Waals surface area contributed by atoms with Crippen molar-refractivity contribution in [3.63, 3.8) is 0 Å². The van der Waals surface area contributed by atoms with Gasteiger partial charge in [0.25, 0.3) is 17.7 Å². The summed E-state index contributed by atoms with van der Waals surface area (Å²) >= 11 is 0. The second-order valence-electron chi connectivity index (χ2n) is 19.4. The van der Waals surface area contributed by atoms with Crippen LogP contribution in [-0.2, 0) is 60.7 Å². The first-order chi connectivity index (χ1) is 40.0. The smallest absolute Gasteiger partial charge is 0.407 e. The Balaban J connectivity index is 0.872. The van der Waals surface area contributed by atoms with E-state index in [0.29, 0.717) is 68.3 Å². The van der Waals surface area contributed by atoms with E-state index in [1.165, 1.54) is 6.20 Å². The van der Waals surface area contributed by atoms with E-state index >= 15 is 0 Å². The molecule has 1 fully saturated rings. The second kappa shape index (κ2) is 33.0. The van der Waals surface area contributed by atoms with Gasteiger partial charge < -0.3 is 72.5 Å². The molecule has 27 heteroatoms. The minimum Gasteiger partial charge on any atom is -0.445 e. The summed E-state index contributed by atoms with van der Waals surface area (Å²) < 4.78 is 21.8. The highest BCUT2D eigenvalue weighted by Crippen LogP contribution is 2.27. The number of amides is 10. The van der Waals surface area contributed by atoms with E-state index < -0.39 is 59.7 Å². The topological polar surface area (TPSA) is 372 Å². The summed E-state index contributed by atoms with van der Waals surface area (Å²) in [7, 11) is 0. The summed E-state index contributed by atoms with van der Waals surface area (Å²) in [4.78, 5) is 129. The minimum atomic E-state index is -1.07. The molecule has 4 aromatic rings. The maximum atomic E-state index is 13.6. The molecule has 0 spiro atoms. The Bertz CT molecular complexity index is 2880. The molecule has 0 radical (unpaired) electrons. The number of nitrogen functional groups attached to an aromatic ring is 1. The lowest BCUT2D eigenvalue weighted by molar-refractivity contribution is -0.137. The standard InChI is InChI=1S/C56H72N14O13/c1-36(2)49(68-46(72)19-27-80-31-32-81-28-23-60-45(71)18-24-70-47(73)15-16-48(70)74)53(76)66-41(6-4-20-61-55(58)78)52(75)64-40-13-9-38(10-14-40)35-83-56(79)62-21-3-5-37-7-11-39(12-8-37)42-34-63-51(57)50(65-42)54(77)67-43-33-59-22-17-44(43)69-25-29-82-30-26-69/h7-17,22,33-34,36,41,49H,3-6,18-21,23-32,35H2,1-2H3,(H2,57,63)(H,60,71)(H,62,79)(H,64,75)(H,66,76)(H,67,77)(H,68,72)(H3,58,61,78)/t41-,49-/m0/s1. The predicted octanol–water partition coefficient (Wildman–Crippen LogP) is 1.94. The summed E-state index contributed by atoms with van der Waals surface area (Å²) in [5.74, 6) is -3.76. The third-order valence-corrected chi connectivity index (χ3v) is 12.9. The molecule has 27 nitrogen and oxygen atoms in total. The van der Waals surface area contributed by atoms with Crippen LogP contribution in [0.3, 0.4) is 0 Å². The van der Waals surface area contributed by atoms with E-state index in [4.69, 9.17) is 30.4 Å². The number of hydrogen-bond donors (Lipinski definition) is 9. The number of morpholine rings is 1. The summed E-state index contributed by atoms with van der Waals surface area (Å²) in [6.07, 6.45) is 8.00. The van der Waals surface area contributed by atoms with Gasteiger partial charge in [-0.1, -0.05) is 50.2 Å². The van der Waals surface area contributed by atoms with Crippen molar-refractivity contribution in [1.82, 2.24) is 46.4 Å². The van der Waals surface area contributed by atoms with Gasteiger partial charge in [-0.2, -0.15) is 0 Å². The first kappa shape index (κ1) is 63.1. The molecule has 0 unspecified atom stereocenters. The number of hydrogen-bond acceptors (Lipinski definition) is 18. The van der Waals surface area contributed by atoms with Gasteiger partial charge in [0.15, 0.2) is 11.5 Å². The lowest BCUT2D eigenvalue weighted by Gasteiger charge is -2.30. The number of aryl methyl sites for hydroxylation is 1. The largest absolute Gasteiger partial charge is 0.445 e. The van der Waals surface area contributed by atoms with Crippen molar-refractivity contribution in [2.24, 2.45) is 11.7 Å². The van der Waals surface area contributed by atoms with Crippen LogP contribution >= 0.6 is 0 Å². The molecule has 2 aliphatic heterocycles. The third kappa shape index (κ3) is 21.1. The predicted molar refractivity (Wildman–Crippen MR) is 304 cm³/mol. The number of primary amides is 1. The maximum Gasteiger partial charge on any atom is 0.407 e. The quantitative estimate of drug-likeness (QED) is 0.0249. The number of nitrogens with zero attached hydrogens (tertiary/aromatic N) is 5. The van der Waals surface area contributed by atoms with Gasteiger partial charge in [-0.25, -0.2) is 19.6 Å². The number of imide groups is 1. The fourth-order valence-corrected chi connectivity index (χ4v) is 8.42. The summed E-state index contributed by atoms with van der Waals surface area (Å²) in [5.41, 5.74) is 15.9. The molecule has 2 atom stereocenters. The molecule has 2 aromatic carbocycles. The number of urea groups is 1. The average molecular weight is 1150 g/mol. The number of carbonyl (C=O) groups excluding carboxylic acids is 9. The fraction of sp³-hybridized carbons (Fsp3) is 0.429. The SMILES string of the molecule is CC(C)[C@H](NC(=O)CCOCCOCCNC(=O)CCN1C(=O)C=CC1=O)C(=O)N[C@@H](CCCNC(N)=O)C(=O)Nc1ccc(COC(=O)NCCCc2ccc(-c3cnc(N)c(C(=O)Nc4cnccc4N4CCOCC4)n3)cc2)cc1. The molecule has 83 heavy (non-hydrogen) atoms. The molecule has 0 saturated carbocycles. The van der Waals surface area contributed by atoms with Gasteiger partial charge >= 0.3 is 12.1 Å². The van der Waals surface area contributed by atoms with Crippen LogP contribution in [0, 0.1) is 5.92 Å². The number of aromatic nitrogens is 3. The van der Waals surface area contributed by atoms with E-state index in [-0.39, 0.29) is 102 Å². The molecule has 0 bridgehead atoms. The Morgan fingerprint density at radius 3 is 2.14 bits per heavy atom. The van der Waals surface area contributed by atoms with Crippen molar-refractivity contribution in [1.29, 1.82) is 0 Å². The average Bonchev–Trinajstić information content (AvgIpc) is 4.05. The highest BCUT2D eigenvalue weighted by atomic mass is 16.5. The van der Waals surface area contributed by atoms with Crippen molar-refractivity contribution >= 4 is 76.4 Å². The number of anilines is 4. The summed E-state index contributed by atoms with van der Waals surface area (Å²) in [6, 6.07) is 13.2. The Labute approximate surface area is 479 Å². The maximum absolute atomic E-state index is 13.6. The van der Waals surface area contributed by atoms with Crippen molar-refractivity contribution in [3.05, 3.63) is 102 Å². The number of alkyl carbamates (subject to hydrolysis) is 1. The highest BCUT2D eigenvalue weighted by molar-refractivity contribution is 6.13. The number of ether oxygens (including phenoxy) is 4. The molecule has 11 N–H and O–H groups in total. The van der Waals surface area contributed by atoms with E-state index in [0.717, 1.165) is 33.9 Å². The van der Waals surface area contributed by atoms with Crippen molar-refractivity contribution in [2.45, 2.75) is 71.1 Å². The highest BCUT2D eigenvalue weighted by Gasteiger charge is 2.29. The molecular weight excluding hydrogens is 1080 g/mol. The zero-order valence-corrected chi connectivity index (χ0v) is 46.4. The first-order valence-corrected chi connectivity index (χ1v) is 27.2. The van der Waals surface area contributed by atoms with Crippen LogP contribution in [-0.4, -0.2) is 164 Å². The number of benzene rings is 2. The molecule has 2 aromatic heterocycles. The van der Waals surface area contributed by atoms with Gasteiger partial charge in [0.2, 0.25) is 23.6 Å². The minimum absolute atomic E-state index is 0.0119. The summed E-state index contributed by atoms with van der Waals surface area (Å²) in [6.45, 7) is 7.16. The molecule has 4 heterocycles. The lowest BCUT2D eigenvalue weighted by Crippen LogP contribution is -2.54. The van der Waals surface area contributed by atoms with Crippen LogP contribution in [0.2, 0.25) is 0 Å².